The van der Waals surface area contributed by atoms with E-state index >= 15 is 0 Å². The average Bonchev–Trinajstić information content (AvgIpc) is 2.99. The second-order valence-electron chi connectivity index (χ2n) is 6.22. The Bertz CT molecular complexity index is 492. The molecule has 1 aliphatic rings. The Hall–Kier alpha value is -1.92. The molecule has 1 aliphatic heterocycles. The second kappa shape index (κ2) is 7.38. The maximum absolute atomic E-state index is 12.5. The summed E-state index contributed by atoms with van der Waals surface area (Å²) in [6, 6.07) is 0.00531. The van der Waals surface area contributed by atoms with Crippen LogP contribution < -0.4 is 5.32 Å². The first kappa shape index (κ1) is 16.5. The zero-order valence-corrected chi connectivity index (χ0v) is 13.5. The number of amides is 2. The van der Waals surface area contributed by atoms with Crippen molar-refractivity contribution >= 4 is 11.8 Å². The molecule has 0 radical (unpaired) electrons. The maximum Gasteiger partial charge on any atom is 0.223 e. The number of likely N-dealkylation sites (tertiary alicyclic amines) is 1. The zero-order valence-electron chi connectivity index (χ0n) is 13.5. The third-order valence-corrected chi connectivity index (χ3v) is 4.27. The van der Waals surface area contributed by atoms with Crippen LogP contribution in [0.2, 0.25) is 0 Å². The normalized spacial score (nSPS) is 17.5. The number of carbonyl (C=O) groups is 2. The van der Waals surface area contributed by atoms with E-state index in [4.69, 9.17) is 0 Å². The predicted octanol–water partition coefficient (Wildman–Crippen LogP) is 0.677. The Labute approximate surface area is 131 Å². The van der Waals surface area contributed by atoms with Gasteiger partial charge in [-0.3, -0.25) is 9.59 Å². The summed E-state index contributed by atoms with van der Waals surface area (Å²) < 4.78 is 0. The summed E-state index contributed by atoms with van der Waals surface area (Å²) in [5.41, 5.74) is 0. The highest BCUT2D eigenvalue weighted by atomic mass is 16.2. The minimum absolute atomic E-state index is 0.00531. The van der Waals surface area contributed by atoms with Gasteiger partial charge in [0.05, 0.1) is 25.0 Å². The minimum atomic E-state index is -0.0116. The Morgan fingerprint density at radius 3 is 2.32 bits per heavy atom. The standard InChI is InChI=1S/C15H25N5O2/c1-11(2)14(10-20-16-6-7-17-20)18-15(22)13-4-8-19(9-5-13)12(3)21/h6-7,11,13-14H,4-5,8-10H2,1-3H3,(H,18,22). The van der Waals surface area contributed by atoms with Gasteiger partial charge in [-0.1, -0.05) is 13.8 Å². The molecule has 1 fully saturated rings. The fraction of sp³-hybridized carbons (Fsp3) is 0.733. The largest absolute Gasteiger partial charge is 0.351 e. The third kappa shape index (κ3) is 4.29. The zero-order chi connectivity index (χ0) is 16.1. The topological polar surface area (TPSA) is 80.1 Å². The van der Waals surface area contributed by atoms with Crippen molar-refractivity contribution in [3.05, 3.63) is 12.4 Å². The van der Waals surface area contributed by atoms with Gasteiger partial charge in [-0.2, -0.15) is 15.0 Å². The van der Waals surface area contributed by atoms with Gasteiger partial charge in [-0.25, -0.2) is 0 Å². The number of piperidine rings is 1. The number of aromatic nitrogens is 3. The van der Waals surface area contributed by atoms with Gasteiger partial charge in [0.2, 0.25) is 11.8 Å². The van der Waals surface area contributed by atoms with Gasteiger partial charge < -0.3 is 10.2 Å². The Morgan fingerprint density at radius 2 is 1.82 bits per heavy atom. The van der Waals surface area contributed by atoms with Crippen molar-refractivity contribution < 1.29 is 9.59 Å². The molecule has 1 saturated heterocycles. The summed E-state index contributed by atoms with van der Waals surface area (Å²) in [6.07, 6.45) is 4.74. The molecular weight excluding hydrogens is 282 g/mol. The lowest BCUT2D eigenvalue weighted by molar-refractivity contribution is -0.134. The third-order valence-electron chi connectivity index (χ3n) is 4.27. The van der Waals surface area contributed by atoms with Crippen molar-refractivity contribution in [1.82, 2.24) is 25.2 Å². The lowest BCUT2D eigenvalue weighted by atomic mass is 9.94. The minimum Gasteiger partial charge on any atom is -0.351 e. The number of carbonyl (C=O) groups excluding carboxylic acids is 2. The predicted molar refractivity (Wildman–Crippen MR) is 81.8 cm³/mol. The highest BCUT2D eigenvalue weighted by Crippen LogP contribution is 2.18. The second-order valence-corrected chi connectivity index (χ2v) is 6.22. The summed E-state index contributed by atoms with van der Waals surface area (Å²) in [5, 5.41) is 11.3. The fourth-order valence-corrected chi connectivity index (χ4v) is 2.69. The molecule has 1 atom stereocenters. The van der Waals surface area contributed by atoms with Crippen LogP contribution in [0, 0.1) is 11.8 Å². The van der Waals surface area contributed by atoms with Crippen LogP contribution in [-0.2, 0) is 16.1 Å². The van der Waals surface area contributed by atoms with Crippen molar-refractivity contribution in [1.29, 1.82) is 0 Å². The first-order chi connectivity index (χ1) is 10.5. The van der Waals surface area contributed by atoms with Crippen LogP contribution in [0.3, 0.4) is 0 Å². The number of hydrogen-bond donors (Lipinski definition) is 1. The fourth-order valence-electron chi connectivity index (χ4n) is 2.69. The molecule has 1 aromatic heterocycles. The van der Waals surface area contributed by atoms with Crippen LogP contribution >= 0.6 is 0 Å². The summed E-state index contributed by atoms with van der Waals surface area (Å²) >= 11 is 0. The molecule has 1 unspecified atom stereocenters. The molecule has 122 valence electrons. The smallest absolute Gasteiger partial charge is 0.223 e. The van der Waals surface area contributed by atoms with Crippen LogP contribution in [-0.4, -0.2) is 50.8 Å². The van der Waals surface area contributed by atoms with Crippen molar-refractivity contribution in [2.45, 2.75) is 46.2 Å². The highest BCUT2D eigenvalue weighted by Gasteiger charge is 2.28. The molecule has 0 spiro atoms. The van der Waals surface area contributed by atoms with E-state index in [2.05, 4.69) is 29.4 Å². The molecule has 0 aromatic carbocycles. The molecule has 22 heavy (non-hydrogen) atoms. The van der Waals surface area contributed by atoms with Gasteiger partial charge in [-0.15, -0.1) is 0 Å². The number of nitrogens with zero attached hydrogens (tertiary/aromatic N) is 4. The molecule has 2 heterocycles. The maximum atomic E-state index is 12.5. The van der Waals surface area contributed by atoms with Crippen LogP contribution in [0.5, 0.6) is 0 Å². The Morgan fingerprint density at radius 1 is 1.23 bits per heavy atom. The monoisotopic (exact) mass is 307 g/mol. The van der Waals surface area contributed by atoms with Crippen LogP contribution in [0.15, 0.2) is 12.4 Å². The molecule has 1 N–H and O–H groups in total. The number of rotatable bonds is 5. The van der Waals surface area contributed by atoms with Crippen LogP contribution in [0.25, 0.3) is 0 Å². The molecule has 2 rings (SSSR count). The average molecular weight is 307 g/mol. The first-order valence-electron chi connectivity index (χ1n) is 7.87. The van der Waals surface area contributed by atoms with Crippen molar-refractivity contribution in [2.24, 2.45) is 11.8 Å². The van der Waals surface area contributed by atoms with Crippen molar-refractivity contribution in [3.63, 3.8) is 0 Å². The van der Waals surface area contributed by atoms with E-state index in [-0.39, 0.29) is 23.8 Å². The van der Waals surface area contributed by atoms with Gasteiger partial charge in [0.15, 0.2) is 0 Å². The van der Waals surface area contributed by atoms with Gasteiger partial charge >= 0.3 is 0 Å². The molecule has 7 nitrogen and oxygen atoms in total. The molecule has 0 saturated carbocycles. The summed E-state index contributed by atoms with van der Waals surface area (Å²) in [5.74, 6) is 0.451. The van der Waals surface area contributed by atoms with E-state index in [0.29, 0.717) is 25.6 Å². The van der Waals surface area contributed by atoms with Crippen molar-refractivity contribution in [3.8, 4) is 0 Å². The molecule has 1 aromatic rings. The lowest BCUT2D eigenvalue weighted by Gasteiger charge is -2.32. The lowest BCUT2D eigenvalue weighted by Crippen LogP contribution is -2.47. The van der Waals surface area contributed by atoms with E-state index in [1.54, 1.807) is 29.0 Å². The molecule has 2 amide bonds. The SMILES string of the molecule is CC(=O)N1CCC(C(=O)NC(Cn2nccn2)C(C)C)CC1. The van der Waals surface area contributed by atoms with E-state index < -0.39 is 0 Å². The van der Waals surface area contributed by atoms with Gasteiger partial charge in [0.1, 0.15) is 0 Å². The summed E-state index contributed by atoms with van der Waals surface area (Å²) in [7, 11) is 0. The Kier molecular flexibility index (Phi) is 5.51. The number of hydrogen-bond acceptors (Lipinski definition) is 4. The van der Waals surface area contributed by atoms with Gasteiger partial charge in [-0.05, 0) is 18.8 Å². The Balaban J connectivity index is 1.87. The van der Waals surface area contributed by atoms with E-state index in [1.165, 1.54) is 0 Å². The quantitative estimate of drug-likeness (QED) is 0.867. The van der Waals surface area contributed by atoms with Crippen LogP contribution in [0.4, 0.5) is 0 Å². The highest BCUT2D eigenvalue weighted by molar-refractivity contribution is 5.79. The number of nitrogens with one attached hydrogen (secondary N) is 1. The first-order valence-corrected chi connectivity index (χ1v) is 7.87. The molecular formula is C15H25N5O2. The van der Waals surface area contributed by atoms with E-state index in [1.807, 2.05) is 0 Å². The van der Waals surface area contributed by atoms with Crippen molar-refractivity contribution in [2.75, 3.05) is 13.1 Å². The van der Waals surface area contributed by atoms with E-state index in [9.17, 15) is 9.59 Å². The van der Waals surface area contributed by atoms with Gasteiger partial charge in [0.25, 0.3) is 0 Å². The summed E-state index contributed by atoms with van der Waals surface area (Å²) in [6.45, 7) is 7.63. The molecule has 0 bridgehead atoms. The van der Waals surface area contributed by atoms with E-state index in [0.717, 1.165) is 12.8 Å². The van der Waals surface area contributed by atoms with Gasteiger partial charge in [0, 0.05) is 25.9 Å². The summed E-state index contributed by atoms with van der Waals surface area (Å²) in [4.78, 5) is 27.2. The molecule has 7 heteroatoms. The molecule has 0 aliphatic carbocycles. The van der Waals surface area contributed by atoms with Crippen LogP contribution in [0.1, 0.15) is 33.6 Å².